The Morgan fingerprint density at radius 3 is 2.84 bits per heavy atom. The first-order valence-electron chi connectivity index (χ1n) is 12.4. The molecule has 0 aliphatic carbocycles. The molecule has 1 aliphatic heterocycles. The predicted octanol–water partition coefficient (Wildman–Crippen LogP) is 6.19. The molecule has 0 radical (unpaired) electrons. The molecule has 0 amide bonds. The molecule has 9 heteroatoms. The van der Waals surface area contributed by atoms with E-state index in [9.17, 15) is 0 Å². The number of hydrogen-bond donors (Lipinski definition) is 2. The fourth-order valence-electron chi connectivity index (χ4n) is 4.56. The van der Waals surface area contributed by atoms with Crippen molar-refractivity contribution < 1.29 is 13.9 Å². The second kappa shape index (κ2) is 11.4. The second-order valence-electron chi connectivity index (χ2n) is 9.23. The topological polar surface area (TPSA) is 85.0 Å². The smallest absolute Gasteiger partial charge is 0.151 e. The highest BCUT2D eigenvalue weighted by Crippen LogP contribution is 2.33. The van der Waals surface area contributed by atoms with Crippen LogP contribution in [0.4, 0.5) is 4.39 Å². The summed E-state index contributed by atoms with van der Waals surface area (Å²) in [5.74, 6) is 0.130. The van der Waals surface area contributed by atoms with Gasteiger partial charge < -0.3 is 14.8 Å². The molecule has 4 heterocycles. The molecule has 1 saturated heterocycles. The number of H-pyrrole nitrogens is 1. The summed E-state index contributed by atoms with van der Waals surface area (Å²) in [6.07, 6.45) is 8.17. The Balaban J connectivity index is 1.30. The number of rotatable bonds is 8. The van der Waals surface area contributed by atoms with Gasteiger partial charge in [0.2, 0.25) is 0 Å². The molecule has 7 nitrogen and oxygen atoms in total. The average molecular weight is 522 g/mol. The van der Waals surface area contributed by atoms with Crippen molar-refractivity contribution >= 4 is 34.4 Å². The third-order valence-electron chi connectivity index (χ3n) is 6.55. The molecular weight excluding hydrogens is 493 g/mol. The molecule has 1 aliphatic rings. The quantitative estimate of drug-likeness (QED) is 0.287. The molecular formula is C28H29ClFN5O2. The molecule has 1 fully saturated rings. The number of hydrogen-bond acceptors (Lipinski definition) is 6. The highest BCUT2D eigenvalue weighted by Gasteiger charge is 2.17. The minimum Gasteiger partial charge on any atom is -0.486 e. The predicted molar refractivity (Wildman–Crippen MR) is 143 cm³/mol. The molecule has 37 heavy (non-hydrogen) atoms. The van der Waals surface area contributed by atoms with Gasteiger partial charge in [-0.05, 0) is 68.2 Å². The van der Waals surface area contributed by atoms with Gasteiger partial charge >= 0.3 is 0 Å². The number of pyridine rings is 2. The van der Waals surface area contributed by atoms with Crippen molar-refractivity contribution in [3.8, 4) is 5.75 Å². The molecule has 2 N–H and O–H groups in total. The van der Waals surface area contributed by atoms with Crippen LogP contribution in [0.3, 0.4) is 0 Å². The Hall–Kier alpha value is -3.33. The van der Waals surface area contributed by atoms with Gasteiger partial charge in [-0.25, -0.2) is 4.39 Å². The summed E-state index contributed by atoms with van der Waals surface area (Å²) < 4.78 is 26.8. The van der Waals surface area contributed by atoms with E-state index in [1.54, 1.807) is 24.7 Å². The lowest BCUT2D eigenvalue weighted by Gasteiger charge is -2.22. The van der Waals surface area contributed by atoms with E-state index in [0.717, 1.165) is 42.9 Å². The average Bonchev–Trinajstić information content (AvgIpc) is 3.32. The number of nitrogens with one attached hydrogen (secondary N) is 2. The first-order chi connectivity index (χ1) is 18.0. The number of nitrogens with zero attached hydrogens (tertiary/aromatic N) is 3. The molecule has 0 bridgehead atoms. The standard InChI is InChI=1S/C28H29ClFN5O2/c1-17-13-31-16-24(29)27(17)18(2)37-22-5-6-26-23(12-22)28(35-34-26)25(30)11-19-3-4-21(32-14-19)15-33-20-7-9-36-10-8-20/h3-6,11-14,16,18,20,33H,7-10,15H2,1-2H3,(H,34,35)/b25-11-. The van der Waals surface area contributed by atoms with Gasteiger partial charge in [0.1, 0.15) is 17.5 Å². The maximum atomic E-state index is 15.3. The molecule has 0 saturated carbocycles. The van der Waals surface area contributed by atoms with Crippen LogP contribution >= 0.6 is 11.6 Å². The number of fused-ring (bicyclic) bond motifs is 1. The Morgan fingerprint density at radius 2 is 2.08 bits per heavy atom. The third-order valence-corrected chi connectivity index (χ3v) is 6.85. The maximum absolute atomic E-state index is 15.3. The Labute approximate surface area is 220 Å². The van der Waals surface area contributed by atoms with E-state index in [1.165, 1.54) is 6.08 Å². The summed E-state index contributed by atoms with van der Waals surface area (Å²) in [7, 11) is 0. The van der Waals surface area contributed by atoms with Gasteiger partial charge in [0.15, 0.2) is 5.83 Å². The van der Waals surface area contributed by atoms with E-state index in [4.69, 9.17) is 21.1 Å². The zero-order valence-corrected chi connectivity index (χ0v) is 21.6. The molecule has 4 aromatic rings. The lowest BCUT2D eigenvalue weighted by molar-refractivity contribution is 0.0775. The van der Waals surface area contributed by atoms with Crippen LogP contribution < -0.4 is 10.1 Å². The van der Waals surface area contributed by atoms with Crippen LogP contribution in [-0.2, 0) is 11.3 Å². The van der Waals surface area contributed by atoms with Gasteiger partial charge in [-0.1, -0.05) is 17.7 Å². The van der Waals surface area contributed by atoms with Crippen LogP contribution in [0.1, 0.15) is 53.9 Å². The first kappa shape index (κ1) is 25.3. The highest BCUT2D eigenvalue weighted by molar-refractivity contribution is 6.31. The van der Waals surface area contributed by atoms with Gasteiger partial charge in [-0.2, -0.15) is 5.10 Å². The van der Waals surface area contributed by atoms with Crippen molar-refractivity contribution in [1.29, 1.82) is 0 Å². The van der Waals surface area contributed by atoms with Crippen LogP contribution in [0.5, 0.6) is 5.75 Å². The molecule has 0 spiro atoms. The van der Waals surface area contributed by atoms with Gasteiger partial charge in [-0.15, -0.1) is 0 Å². The van der Waals surface area contributed by atoms with Crippen LogP contribution in [0.25, 0.3) is 22.8 Å². The van der Waals surface area contributed by atoms with E-state index in [0.29, 0.717) is 39.8 Å². The number of aromatic nitrogens is 4. The van der Waals surface area contributed by atoms with Crippen LogP contribution in [-0.4, -0.2) is 39.4 Å². The van der Waals surface area contributed by atoms with Crippen molar-refractivity contribution in [3.05, 3.63) is 82.0 Å². The normalized spacial score (nSPS) is 15.7. The molecule has 1 atom stereocenters. The SMILES string of the molecule is Cc1cncc(Cl)c1C(C)Oc1ccc2[nH]nc(/C(F)=C/c3ccc(CNC4CCOCC4)nc3)c2c1. The zero-order valence-electron chi connectivity index (χ0n) is 20.8. The lowest BCUT2D eigenvalue weighted by atomic mass is 10.1. The Kier molecular flexibility index (Phi) is 7.79. The molecule has 1 aromatic carbocycles. The van der Waals surface area contributed by atoms with Crippen molar-refractivity contribution in [2.24, 2.45) is 0 Å². The van der Waals surface area contributed by atoms with Gasteiger partial charge in [-0.3, -0.25) is 15.1 Å². The van der Waals surface area contributed by atoms with Crippen LogP contribution in [0.15, 0.2) is 48.9 Å². The number of halogens is 2. The zero-order chi connectivity index (χ0) is 25.8. The minimum absolute atomic E-state index is 0.219. The second-order valence-corrected chi connectivity index (χ2v) is 9.64. The van der Waals surface area contributed by atoms with E-state index < -0.39 is 5.83 Å². The summed E-state index contributed by atoms with van der Waals surface area (Å²) in [6, 6.07) is 9.65. The Morgan fingerprint density at radius 1 is 1.24 bits per heavy atom. The Bertz CT molecular complexity index is 1380. The fourth-order valence-corrected chi connectivity index (χ4v) is 4.92. The first-order valence-corrected chi connectivity index (χ1v) is 12.7. The van der Waals surface area contributed by atoms with Crippen LogP contribution in [0, 0.1) is 6.92 Å². The van der Waals surface area contributed by atoms with Gasteiger partial charge in [0.05, 0.1) is 16.2 Å². The summed E-state index contributed by atoms with van der Waals surface area (Å²) in [4.78, 5) is 8.59. The van der Waals surface area contributed by atoms with Gasteiger partial charge in [0.25, 0.3) is 0 Å². The van der Waals surface area contributed by atoms with Crippen molar-refractivity contribution in [2.45, 2.75) is 45.4 Å². The van der Waals surface area contributed by atoms with Crippen LogP contribution in [0.2, 0.25) is 5.02 Å². The highest BCUT2D eigenvalue weighted by atomic mass is 35.5. The van der Waals surface area contributed by atoms with Gasteiger partial charge in [0, 0.05) is 55.3 Å². The maximum Gasteiger partial charge on any atom is 0.151 e. The largest absolute Gasteiger partial charge is 0.486 e. The summed E-state index contributed by atoms with van der Waals surface area (Å²) in [5, 5.41) is 11.8. The van der Waals surface area contributed by atoms with E-state index in [2.05, 4.69) is 25.5 Å². The summed E-state index contributed by atoms with van der Waals surface area (Å²) in [6.45, 7) is 6.12. The van der Waals surface area contributed by atoms with Crippen molar-refractivity contribution in [2.75, 3.05) is 13.2 Å². The number of ether oxygens (including phenoxy) is 2. The molecule has 5 rings (SSSR count). The summed E-state index contributed by atoms with van der Waals surface area (Å²) >= 11 is 6.35. The minimum atomic E-state index is -0.459. The molecule has 3 aromatic heterocycles. The third kappa shape index (κ3) is 5.98. The van der Waals surface area contributed by atoms with E-state index in [1.807, 2.05) is 38.1 Å². The van der Waals surface area contributed by atoms with E-state index in [-0.39, 0.29) is 11.8 Å². The van der Waals surface area contributed by atoms with Crippen molar-refractivity contribution in [1.82, 2.24) is 25.5 Å². The molecule has 1 unspecified atom stereocenters. The lowest BCUT2D eigenvalue weighted by Crippen LogP contribution is -2.34. The number of aryl methyl sites for hydroxylation is 1. The monoisotopic (exact) mass is 521 g/mol. The number of aromatic amines is 1. The van der Waals surface area contributed by atoms with Crippen molar-refractivity contribution in [3.63, 3.8) is 0 Å². The summed E-state index contributed by atoms with van der Waals surface area (Å²) in [5.41, 5.74) is 4.31. The fraction of sp³-hybridized carbons (Fsp3) is 0.321. The number of benzene rings is 1. The van der Waals surface area contributed by atoms with E-state index >= 15 is 4.39 Å². The molecule has 192 valence electrons.